The molecule has 1 unspecified atom stereocenters. The number of carbonyl (C=O) groups is 2. The molecule has 34 heavy (non-hydrogen) atoms. The van der Waals surface area contributed by atoms with Crippen LogP contribution in [0.15, 0.2) is 65.7 Å². The van der Waals surface area contributed by atoms with Gasteiger partial charge in [-0.2, -0.15) is 5.10 Å². The van der Waals surface area contributed by atoms with E-state index >= 15 is 0 Å². The van der Waals surface area contributed by atoms with E-state index in [0.717, 1.165) is 23.6 Å². The van der Waals surface area contributed by atoms with Crippen molar-refractivity contribution in [2.75, 3.05) is 12.9 Å². The van der Waals surface area contributed by atoms with Crippen molar-refractivity contribution >= 4 is 32.6 Å². The predicted octanol–water partition coefficient (Wildman–Crippen LogP) is 3.01. The molecule has 1 amide bonds. The maximum atomic E-state index is 13.0. The fraction of sp³-hybridized carbons (Fsp3) is 0.208. The number of carbonyl (C=O) groups excluding carboxylic acids is 2. The van der Waals surface area contributed by atoms with Crippen LogP contribution < -0.4 is 5.32 Å². The molecule has 0 fully saturated rings. The summed E-state index contributed by atoms with van der Waals surface area (Å²) in [7, 11) is -0.954. The van der Waals surface area contributed by atoms with Gasteiger partial charge in [0.2, 0.25) is 0 Å². The first kappa shape index (κ1) is 23.2. The van der Waals surface area contributed by atoms with Crippen molar-refractivity contribution in [3.8, 4) is 11.3 Å². The van der Waals surface area contributed by atoms with Crippen LogP contribution in [0.5, 0.6) is 0 Å². The van der Waals surface area contributed by atoms with E-state index in [4.69, 9.17) is 0 Å². The van der Waals surface area contributed by atoms with Crippen molar-refractivity contribution in [3.05, 3.63) is 72.1 Å². The molecule has 2 aromatic heterocycles. The van der Waals surface area contributed by atoms with E-state index in [1.165, 1.54) is 16.8 Å². The maximum absolute atomic E-state index is 13.0. The number of nitrogens with zero attached hydrogens (tertiary/aromatic N) is 2. The molecule has 9 nitrogen and oxygen atoms in total. The zero-order valence-electron chi connectivity index (χ0n) is 18.9. The van der Waals surface area contributed by atoms with Gasteiger partial charge in [-0.1, -0.05) is 30.3 Å². The molecule has 0 aliphatic carbocycles. The number of H-pyrrole nitrogens is 1. The molecule has 0 saturated heterocycles. The first-order valence-corrected chi connectivity index (χ1v) is 12.2. The van der Waals surface area contributed by atoms with Crippen molar-refractivity contribution in [1.82, 2.24) is 20.1 Å². The Labute approximate surface area is 196 Å². The summed E-state index contributed by atoms with van der Waals surface area (Å²) in [6, 6.07) is 15.2. The van der Waals surface area contributed by atoms with E-state index in [9.17, 15) is 18.0 Å². The highest BCUT2D eigenvalue weighted by Gasteiger charge is 2.21. The second-order valence-electron chi connectivity index (χ2n) is 7.89. The zero-order chi connectivity index (χ0) is 24.5. The number of aromatic amines is 1. The third-order valence-corrected chi connectivity index (χ3v) is 7.20. The molecule has 176 valence electrons. The number of hydrogen-bond donors (Lipinski definition) is 2. The topological polar surface area (TPSA) is 123 Å². The summed E-state index contributed by atoms with van der Waals surface area (Å²) >= 11 is 0. The van der Waals surface area contributed by atoms with E-state index in [1.54, 1.807) is 32.2 Å². The minimum atomic E-state index is -3.80. The lowest BCUT2D eigenvalue weighted by atomic mass is 10.1. The molecule has 0 aliphatic rings. The smallest absolute Gasteiger partial charge is 0.321 e. The van der Waals surface area contributed by atoms with Crippen LogP contribution in [0.4, 0.5) is 0 Å². The van der Waals surface area contributed by atoms with Crippen molar-refractivity contribution in [1.29, 1.82) is 0 Å². The number of aromatic nitrogens is 3. The van der Waals surface area contributed by atoms with Crippen LogP contribution >= 0.6 is 0 Å². The van der Waals surface area contributed by atoms with Gasteiger partial charge in [0.25, 0.3) is 5.91 Å². The molecule has 2 N–H and O–H groups in total. The Kier molecular flexibility index (Phi) is 6.25. The van der Waals surface area contributed by atoms with Crippen molar-refractivity contribution in [3.63, 3.8) is 0 Å². The Morgan fingerprint density at radius 2 is 1.88 bits per heavy atom. The van der Waals surface area contributed by atoms with Crippen LogP contribution in [0.2, 0.25) is 0 Å². The Morgan fingerprint density at radius 1 is 1.15 bits per heavy atom. The van der Waals surface area contributed by atoms with Crippen molar-refractivity contribution in [2.24, 2.45) is 7.05 Å². The highest BCUT2D eigenvalue weighted by molar-refractivity contribution is 7.92. The van der Waals surface area contributed by atoms with Gasteiger partial charge in [0.1, 0.15) is 5.69 Å². The number of rotatable bonds is 7. The van der Waals surface area contributed by atoms with Gasteiger partial charge in [0.05, 0.1) is 29.3 Å². The lowest BCUT2D eigenvalue weighted by Gasteiger charge is -2.15. The van der Waals surface area contributed by atoms with Gasteiger partial charge in [-0.25, -0.2) is 8.42 Å². The molecule has 1 atom stereocenters. The average Bonchev–Trinajstić information content (AvgIpc) is 3.45. The number of fused-ring (bicyclic) bond motifs is 1. The zero-order valence-corrected chi connectivity index (χ0v) is 19.7. The Morgan fingerprint density at radius 3 is 2.59 bits per heavy atom. The molecule has 2 aromatic carbocycles. The van der Waals surface area contributed by atoms with E-state index < -0.39 is 27.6 Å². The summed E-state index contributed by atoms with van der Waals surface area (Å²) in [5.41, 5.74) is 3.62. The minimum absolute atomic E-state index is 0.00921. The van der Waals surface area contributed by atoms with E-state index in [2.05, 4.69) is 20.1 Å². The van der Waals surface area contributed by atoms with Crippen molar-refractivity contribution in [2.45, 2.75) is 17.9 Å². The van der Waals surface area contributed by atoms with Gasteiger partial charge in [-0.3, -0.25) is 14.3 Å². The van der Waals surface area contributed by atoms with Gasteiger partial charge < -0.3 is 15.0 Å². The highest BCUT2D eigenvalue weighted by Crippen LogP contribution is 2.27. The van der Waals surface area contributed by atoms with E-state index in [0.29, 0.717) is 17.0 Å². The number of sulfone groups is 1. The predicted molar refractivity (Wildman–Crippen MR) is 127 cm³/mol. The van der Waals surface area contributed by atoms with Crippen LogP contribution in [-0.4, -0.2) is 47.9 Å². The maximum Gasteiger partial charge on any atom is 0.321 e. The normalized spacial score (nSPS) is 12.4. The van der Waals surface area contributed by atoms with Crippen LogP contribution in [0.25, 0.3) is 22.2 Å². The van der Waals surface area contributed by atoms with Gasteiger partial charge in [0, 0.05) is 24.2 Å². The monoisotopic (exact) mass is 480 g/mol. The van der Waals surface area contributed by atoms with Gasteiger partial charge in [-0.05, 0) is 36.8 Å². The molecular weight excluding hydrogens is 456 g/mol. The fourth-order valence-electron chi connectivity index (χ4n) is 3.72. The number of aryl methyl sites for hydroxylation is 1. The average molecular weight is 481 g/mol. The summed E-state index contributed by atoms with van der Waals surface area (Å²) in [4.78, 5) is 27.5. The van der Waals surface area contributed by atoms with E-state index in [1.807, 2.05) is 30.5 Å². The molecule has 10 heteroatoms. The van der Waals surface area contributed by atoms with Gasteiger partial charge in [0.15, 0.2) is 15.6 Å². The number of hydrogen-bond acceptors (Lipinski definition) is 6. The first-order chi connectivity index (χ1) is 16.2. The number of methoxy groups -OCH3 is 1. The largest absolute Gasteiger partial charge is 0.468 e. The first-order valence-electron chi connectivity index (χ1n) is 10.5. The minimum Gasteiger partial charge on any atom is -0.468 e. The lowest BCUT2D eigenvalue weighted by Crippen LogP contribution is -2.28. The van der Waals surface area contributed by atoms with Crippen LogP contribution in [0.3, 0.4) is 0 Å². The SMILES string of the molecule is COC(=O)CS(=O)(=O)c1ccc(C(C)NC(=O)c2cc(-c3cccc4cc[nH]c34)nn2C)cc1. The van der Waals surface area contributed by atoms with Crippen LogP contribution in [-0.2, 0) is 26.4 Å². The summed E-state index contributed by atoms with van der Waals surface area (Å²) < 4.78 is 30.5. The van der Waals surface area contributed by atoms with Crippen molar-refractivity contribution < 1.29 is 22.7 Å². The van der Waals surface area contributed by atoms with Crippen LogP contribution in [0, 0.1) is 0 Å². The number of para-hydroxylation sites is 1. The number of ether oxygens (including phenoxy) is 1. The Hall–Kier alpha value is -3.92. The quantitative estimate of drug-likeness (QED) is 0.392. The molecule has 0 spiro atoms. The lowest BCUT2D eigenvalue weighted by molar-refractivity contribution is -0.137. The van der Waals surface area contributed by atoms with E-state index in [-0.39, 0.29) is 10.8 Å². The number of benzene rings is 2. The summed E-state index contributed by atoms with van der Waals surface area (Å²) in [6.07, 6.45) is 1.86. The number of esters is 1. The summed E-state index contributed by atoms with van der Waals surface area (Å²) in [6.45, 7) is 1.80. The Balaban J connectivity index is 1.50. The van der Waals surface area contributed by atoms with Gasteiger partial charge in [-0.15, -0.1) is 0 Å². The third-order valence-electron chi connectivity index (χ3n) is 5.60. The Bertz CT molecular complexity index is 1470. The molecule has 0 aliphatic heterocycles. The fourth-order valence-corrected chi connectivity index (χ4v) is 4.87. The molecular formula is C24H24N4O5S. The number of nitrogens with one attached hydrogen (secondary N) is 2. The standard InChI is InChI=1S/C24H24N4O5S/c1-15(16-7-9-18(10-8-16)34(31,32)14-22(29)33-3)26-24(30)21-13-20(27-28(21)2)19-6-4-5-17-11-12-25-23(17)19/h4-13,15,25H,14H2,1-3H3,(H,26,30). The molecule has 4 rings (SSSR count). The molecule has 0 radical (unpaired) electrons. The third kappa shape index (κ3) is 4.58. The number of amides is 1. The second-order valence-corrected chi connectivity index (χ2v) is 9.87. The second kappa shape index (κ2) is 9.14. The summed E-state index contributed by atoms with van der Waals surface area (Å²) in [5, 5.41) is 8.49. The molecule has 4 aromatic rings. The summed E-state index contributed by atoms with van der Waals surface area (Å²) in [5.74, 6) is -1.86. The molecule has 0 saturated carbocycles. The highest BCUT2D eigenvalue weighted by atomic mass is 32.2. The molecule has 0 bridgehead atoms. The molecule has 2 heterocycles. The van der Waals surface area contributed by atoms with Crippen LogP contribution in [0.1, 0.15) is 29.0 Å². The van der Waals surface area contributed by atoms with Gasteiger partial charge >= 0.3 is 5.97 Å².